The van der Waals surface area contributed by atoms with Crippen molar-refractivity contribution in [2.75, 3.05) is 0 Å². The molecule has 112 valence electrons. The molecule has 0 aromatic heterocycles. The van der Waals surface area contributed by atoms with Crippen molar-refractivity contribution in [3.63, 3.8) is 0 Å². The van der Waals surface area contributed by atoms with Gasteiger partial charge in [0.25, 0.3) is 4.92 Å². The van der Waals surface area contributed by atoms with Crippen molar-refractivity contribution in [1.29, 1.82) is 0 Å². The quantitative estimate of drug-likeness (QED) is 0.791. The SMILES string of the molecule is CCCC(C)N(Cc1ccc([N+](=O)O)cc1)C(C)(C)C. The predicted octanol–water partition coefficient (Wildman–Crippen LogP) is 4.28. The maximum absolute atomic E-state index is 10.8. The maximum Gasteiger partial charge on any atom is 0.316 e. The molecule has 0 spiro atoms. The molecule has 0 bridgehead atoms. The van der Waals surface area contributed by atoms with E-state index in [2.05, 4.69) is 39.5 Å². The lowest BCUT2D eigenvalue weighted by Crippen LogP contribution is -2.46. The molecule has 0 aliphatic rings. The second-order valence-corrected chi connectivity index (χ2v) is 6.38. The van der Waals surface area contributed by atoms with Crippen LogP contribution < -0.4 is 0 Å². The fraction of sp³-hybridized carbons (Fsp3) is 0.625. The van der Waals surface area contributed by atoms with Gasteiger partial charge >= 0.3 is 5.69 Å². The lowest BCUT2D eigenvalue weighted by atomic mass is 9.99. The highest BCUT2D eigenvalue weighted by atomic mass is 16.6. The van der Waals surface area contributed by atoms with E-state index >= 15 is 0 Å². The molecule has 1 aromatic rings. The molecule has 20 heavy (non-hydrogen) atoms. The zero-order valence-electron chi connectivity index (χ0n) is 13.3. The first kappa shape index (κ1) is 16.6. The Morgan fingerprint density at radius 3 is 2.20 bits per heavy atom. The van der Waals surface area contributed by atoms with Crippen LogP contribution in [-0.4, -0.2) is 26.6 Å². The Hall–Kier alpha value is -1.42. The Bertz CT molecular complexity index is 435. The monoisotopic (exact) mass is 279 g/mol. The molecule has 4 heteroatoms. The average molecular weight is 279 g/mol. The lowest BCUT2D eigenvalue weighted by molar-refractivity contribution is -0.729. The Kier molecular flexibility index (Phi) is 5.69. The van der Waals surface area contributed by atoms with Crippen LogP contribution >= 0.6 is 0 Å². The average Bonchev–Trinajstić information content (AvgIpc) is 2.35. The minimum absolute atomic E-state index is 0.0921. The predicted molar refractivity (Wildman–Crippen MR) is 81.2 cm³/mol. The first-order valence-electron chi connectivity index (χ1n) is 7.27. The van der Waals surface area contributed by atoms with Crippen molar-refractivity contribution in [3.8, 4) is 0 Å². The van der Waals surface area contributed by atoms with E-state index in [9.17, 15) is 4.91 Å². The van der Waals surface area contributed by atoms with Crippen LogP contribution in [0, 0.1) is 4.91 Å². The molecule has 1 atom stereocenters. The van der Waals surface area contributed by atoms with Crippen molar-refractivity contribution >= 4 is 5.69 Å². The van der Waals surface area contributed by atoms with E-state index < -0.39 is 0 Å². The normalized spacial score (nSPS) is 13.5. The van der Waals surface area contributed by atoms with Crippen molar-refractivity contribution < 1.29 is 10.1 Å². The number of hydrogen-bond donors (Lipinski definition) is 1. The summed E-state index contributed by atoms with van der Waals surface area (Å²) in [5.41, 5.74) is 1.50. The molecule has 1 aromatic carbocycles. The van der Waals surface area contributed by atoms with Crippen molar-refractivity contribution in [2.24, 2.45) is 0 Å². The van der Waals surface area contributed by atoms with Gasteiger partial charge in [0.15, 0.2) is 0 Å². The fourth-order valence-corrected chi connectivity index (χ4v) is 2.55. The van der Waals surface area contributed by atoms with Gasteiger partial charge in [0, 0.05) is 30.3 Å². The largest absolute Gasteiger partial charge is 0.316 e. The summed E-state index contributed by atoms with van der Waals surface area (Å²) in [4.78, 5) is 13.2. The third-order valence-corrected chi connectivity index (χ3v) is 3.61. The summed E-state index contributed by atoms with van der Waals surface area (Å²) in [6.45, 7) is 12.0. The molecule has 0 saturated carbocycles. The Labute approximate surface area is 121 Å². The van der Waals surface area contributed by atoms with Gasteiger partial charge in [0.05, 0.1) is 4.91 Å². The standard InChI is InChI=1S/C16H27N2O2/c1-6-7-13(2)17(16(3,4)5)12-14-8-10-15(11-9-14)18(19)20/h8-11,13H,6-7,12H2,1-5H3,(H,19,20)/q+1. The molecule has 0 aliphatic heterocycles. The van der Waals surface area contributed by atoms with Crippen molar-refractivity contribution in [3.05, 3.63) is 34.7 Å². The summed E-state index contributed by atoms with van der Waals surface area (Å²) >= 11 is 0. The molecule has 1 rings (SSSR count). The Morgan fingerprint density at radius 2 is 1.80 bits per heavy atom. The number of hydrogen-bond acceptors (Lipinski definition) is 2. The van der Waals surface area contributed by atoms with Crippen LogP contribution in [0.3, 0.4) is 0 Å². The third-order valence-electron chi connectivity index (χ3n) is 3.61. The maximum atomic E-state index is 10.8. The number of rotatable bonds is 6. The highest BCUT2D eigenvalue weighted by Gasteiger charge is 2.26. The van der Waals surface area contributed by atoms with Crippen molar-refractivity contribution in [1.82, 2.24) is 4.90 Å². The molecule has 4 nitrogen and oxygen atoms in total. The zero-order chi connectivity index (χ0) is 15.3. The highest BCUT2D eigenvalue weighted by Crippen LogP contribution is 2.23. The molecule has 0 radical (unpaired) electrons. The van der Waals surface area contributed by atoms with Crippen LogP contribution in [0.1, 0.15) is 53.0 Å². The molecule has 0 aliphatic carbocycles. The van der Waals surface area contributed by atoms with E-state index in [-0.39, 0.29) is 16.1 Å². The highest BCUT2D eigenvalue weighted by molar-refractivity contribution is 5.32. The van der Waals surface area contributed by atoms with Crippen LogP contribution in [0.2, 0.25) is 0 Å². The number of nitrogens with zero attached hydrogens (tertiary/aromatic N) is 2. The van der Waals surface area contributed by atoms with Crippen LogP contribution in [0.25, 0.3) is 0 Å². The molecular weight excluding hydrogens is 252 g/mol. The molecule has 0 heterocycles. The van der Waals surface area contributed by atoms with Crippen molar-refractivity contribution in [2.45, 2.75) is 65.6 Å². The fourth-order valence-electron chi connectivity index (χ4n) is 2.55. The Balaban J connectivity index is 2.87. The van der Waals surface area contributed by atoms with E-state index in [1.54, 1.807) is 12.1 Å². The van der Waals surface area contributed by atoms with Gasteiger partial charge < -0.3 is 0 Å². The third kappa shape index (κ3) is 4.60. The van der Waals surface area contributed by atoms with Gasteiger partial charge in [-0.25, -0.2) is 5.21 Å². The van der Waals surface area contributed by atoms with Gasteiger partial charge in [-0.2, -0.15) is 0 Å². The van der Waals surface area contributed by atoms with Gasteiger partial charge in [-0.3, -0.25) is 4.90 Å². The minimum atomic E-state index is -0.106. The molecule has 1 N–H and O–H groups in total. The van der Waals surface area contributed by atoms with E-state index in [1.165, 1.54) is 12.8 Å². The first-order valence-corrected chi connectivity index (χ1v) is 7.27. The van der Waals surface area contributed by atoms with Gasteiger partial charge in [-0.15, -0.1) is 0 Å². The summed E-state index contributed by atoms with van der Waals surface area (Å²) in [5, 5.41) is 8.85. The smallest absolute Gasteiger partial charge is 0.292 e. The van der Waals surface area contributed by atoms with E-state index in [0.717, 1.165) is 12.1 Å². The lowest BCUT2D eigenvalue weighted by Gasteiger charge is -2.40. The van der Waals surface area contributed by atoms with E-state index in [0.29, 0.717) is 6.04 Å². The minimum Gasteiger partial charge on any atom is -0.292 e. The molecule has 0 amide bonds. The molecule has 0 fully saturated rings. The second kappa shape index (κ2) is 6.84. The van der Waals surface area contributed by atoms with Crippen LogP contribution in [0.15, 0.2) is 24.3 Å². The summed E-state index contributed by atoms with van der Waals surface area (Å²) in [6, 6.07) is 7.59. The van der Waals surface area contributed by atoms with E-state index in [1.807, 2.05) is 12.1 Å². The summed E-state index contributed by atoms with van der Waals surface area (Å²) in [7, 11) is 0. The summed E-state index contributed by atoms with van der Waals surface area (Å²) < 4.78 is 0. The summed E-state index contributed by atoms with van der Waals surface area (Å²) in [6.07, 6.45) is 2.34. The zero-order valence-corrected chi connectivity index (χ0v) is 13.3. The molecular formula is C16H27N2O2+. The topological polar surface area (TPSA) is 43.5 Å². The van der Waals surface area contributed by atoms with E-state index in [4.69, 9.17) is 5.21 Å². The van der Waals surface area contributed by atoms with Crippen LogP contribution in [0.4, 0.5) is 5.69 Å². The molecule has 0 saturated heterocycles. The van der Waals surface area contributed by atoms with Crippen LogP contribution in [-0.2, 0) is 6.54 Å². The van der Waals surface area contributed by atoms with Gasteiger partial charge in [-0.1, -0.05) is 25.5 Å². The van der Waals surface area contributed by atoms with Gasteiger partial charge in [0.1, 0.15) is 0 Å². The van der Waals surface area contributed by atoms with Gasteiger partial charge in [-0.05, 0) is 39.7 Å². The Morgan fingerprint density at radius 1 is 1.25 bits per heavy atom. The first-order chi connectivity index (χ1) is 9.25. The molecule has 1 unspecified atom stereocenters. The summed E-state index contributed by atoms with van der Waals surface area (Å²) in [5.74, 6) is 0. The second-order valence-electron chi connectivity index (χ2n) is 6.38. The van der Waals surface area contributed by atoms with Crippen LogP contribution in [0.5, 0.6) is 0 Å². The number of benzene rings is 1. The van der Waals surface area contributed by atoms with Gasteiger partial charge in [0.2, 0.25) is 0 Å².